The van der Waals surface area contributed by atoms with Crippen molar-refractivity contribution in [3.05, 3.63) is 0 Å². The van der Waals surface area contributed by atoms with Gasteiger partial charge in [0.15, 0.2) is 0 Å². The summed E-state index contributed by atoms with van der Waals surface area (Å²) in [5, 5.41) is 12.5. The molecule has 1 heterocycles. The molecule has 2 atom stereocenters. The van der Waals surface area contributed by atoms with Gasteiger partial charge in [-0.1, -0.05) is 0 Å². The van der Waals surface area contributed by atoms with Gasteiger partial charge in [-0.3, -0.25) is 0 Å². The zero-order chi connectivity index (χ0) is 7.56. The molecule has 0 unspecified atom stereocenters. The van der Waals surface area contributed by atoms with E-state index in [4.69, 9.17) is 0 Å². The molecule has 0 aliphatic carbocycles. The number of likely N-dealkylation sites (N-methyl/N-ethyl adjacent to an activating group) is 1. The SMILES string of the molecule is C[C@H](O)[C@@H]1CN(C)CCN1. The average molecular weight is 144 g/mol. The zero-order valence-electron chi connectivity index (χ0n) is 6.67. The first-order valence-corrected chi connectivity index (χ1v) is 3.80. The molecule has 0 aromatic heterocycles. The number of aliphatic hydroxyl groups excluding tert-OH is 1. The Labute approximate surface area is 62.0 Å². The Morgan fingerprint density at radius 1 is 1.70 bits per heavy atom. The minimum atomic E-state index is -0.234. The predicted octanol–water partition coefficient (Wildman–Crippen LogP) is -0.729. The van der Waals surface area contributed by atoms with E-state index in [1.165, 1.54) is 0 Å². The molecular formula is C7H16N2O. The van der Waals surface area contributed by atoms with Crippen molar-refractivity contribution >= 4 is 0 Å². The van der Waals surface area contributed by atoms with Gasteiger partial charge in [0.2, 0.25) is 0 Å². The molecule has 0 aromatic rings. The molecule has 0 aromatic carbocycles. The van der Waals surface area contributed by atoms with Crippen LogP contribution in [-0.4, -0.2) is 48.8 Å². The van der Waals surface area contributed by atoms with Gasteiger partial charge in [0.1, 0.15) is 0 Å². The Kier molecular flexibility index (Phi) is 2.65. The lowest BCUT2D eigenvalue weighted by Gasteiger charge is -2.32. The van der Waals surface area contributed by atoms with Crippen molar-refractivity contribution in [3.8, 4) is 0 Å². The summed E-state index contributed by atoms with van der Waals surface area (Å²) in [6, 6.07) is 0.263. The van der Waals surface area contributed by atoms with E-state index in [0.717, 1.165) is 19.6 Å². The number of hydrogen-bond acceptors (Lipinski definition) is 3. The van der Waals surface area contributed by atoms with Gasteiger partial charge in [0, 0.05) is 25.7 Å². The van der Waals surface area contributed by atoms with Crippen molar-refractivity contribution in [1.82, 2.24) is 10.2 Å². The number of aliphatic hydroxyl groups is 1. The minimum absolute atomic E-state index is 0.234. The number of nitrogens with one attached hydrogen (secondary N) is 1. The fourth-order valence-corrected chi connectivity index (χ4v) is 1.26. The molecule has 0 spiro atoms. The maximum Gasteiger partial charge on any atom is 0.0677 e. The van der Waals surface area contributed by atoms with E-state index in [1.807, 2.05) is 6.92 Å². The summed E-state index contributed by atoms with van der Waals surface area (Å²) in [5.74, 6) is 0. The molecule has 0 bridgehead atoms. The summed E-state index contributed by atoms with van der Waals surface area (Å²) in [6.45, 7) is 4.86. The van der Waals surface area contributed by atoms with Crippen LogP contribution in [0.1, 0.15) is 6.92 Å². The Morgan fingerprint density at radius 3 is 2.80 bits per heavy atom. The molecule has 10 heavy (non-hydrogen) atoms. The largest absolute Gasteiger partial charge is 0.392 e. The molecule has 3 heteroatoms. The fraction of sp³-hybridized carbons (Fsp3) is 1.00. The topological polar surface area (TPSA) is 35.5 Å². The van der Waals surface area contributed by atoms with E-state index in [9.17, 15) is 5.11 Å². The van der Waals surface area contributed by atoms with Crippen LogP contribution in [-0.2, 0) is 0 Å². The minimum Gasteiger partial charge on any atom is -0.392 e. The molecule has 1 saturated heterocycles. The van der Waals surface area contributed by atoms with Crippen molar-refractivity contribution in [3.63, 3.8) is 0 Å². The van der Waals surface area contributed by atoms with Crippen LogP contribution in [0.25, 0.3) is 0 Å². The van der Waals surface area contributed by atoms with Gasteiger partial charge in [0.25, 0.3) is 0 Å². The van der Waals surface area contributed by atoms with Gasteiger partial charge in [-0.05, 0) is 14.0 Å². The lowest BCUT2D eigenvalue weighted by Crippen LogP contribution is -2.53. The highest BCUT2D eigenvalue weighted by Crippen LogP contribution is 1.99. The highest BCUT2D eigenvalue weighted by Gasteiger charge is 2.19. The van der Waals surface area contributed by atoms with Crippen LogP contribution in [0.2, 0.25) is 0 Å². The van der Waals surface area contributed by atoms with Crippen LogP contribution in [0.4, 0.5) is 0 Å². The first-order chi connectivity index (χ1) is 4.70. The Bertz CT molecular complexity index is 106. The lowest BCUT2D eigenvalue weighted by molar-refractivity contribution is 0.102. The van der Waals surface area contributed by atoms with E-state index in [0.29, 0.717) is 0 Å². The second-order valence-corrected chi connectivity index (χ2v) is 3.06. The third kappa shape index (κ3) is 1.94. The normalized spacial score (nSPS) is 32.1. The fourth-order valence-electron chi connectivity index (χ4n) is 1.26. The number of hydrogen-bond donors (Lipinski definition) is 2. The van der Waals surface area contributed by atoms with E-state index >= 15 is 0 Å². The van der Waals surface area contributed by atoms with Gasteiger partial charge >= 0.3 is 0 Å². The van der Waals surface area contributed by atoms with Gasteiger partial charge in [-0.25, -0.2) is 0 Å². The zero-order valence-corrected chi connectivity index (χ0v) is 6.67. The standard InChI is InChI=1S/C7H16N2O/c1-6(10)7-5-9(2)4-3-8-7/h6-8,10H,3-5H2,1-2H3/t6-,7-/m0/s1. The molecular weight excluding hydrogens is 128 g/mol. The van der Waals surface area contributed by atoms with Crippen molar-refractivity contribution in [2.45, 2.75) is 19.1 Å². The van der Waals surface area contributed by atoms with Crippen LogP contribution in [0.15, 0.2) is 0 Å². The van der Waals surface area contributed by atoms with Crippen molar-refractivity contribution in [1.29, 1.82) is 0 Å². The van der Waals surface area contributed by atoms with Crippen LogP contribution in [0.5, 0.6) is 0 Å². The maximum absolute atomic E-state index is 9.21. The summed E-state index contributed by atoms with van der Waals surface area (Å²) < 4.78 is 0. The summed E-state index contributed by atoms with van der Waals surface area (Å²) in [5.41, 5.74) is 0. The van der Waals surface area contributed by atoms with E-state index < -0.39 is 0 Å². The number of nitrogens with zero attached hydrogens (tertiary/aromatic N) is 1. The van der Waals surface area contributed by atoms with Crippen molar-refractivity contribution in [2.24, 2.45) is 0 Å². The summed E-state index contributed by atoms with van der Waals surface area (Å²) in [7, 11) is 2.08. The maximum atomic E-state index is 9.21. The second-order valence-electron chi connectivity index (χ2n) is 3.06. The Hall–Kier alpha value is -0.120. The Morgan fingerprint density at radius 2 is 2.40 bits per heavy atom. The van der Waals surface area contributed by atoms with Crippen molar-refractivity contribution in [2.75, 3.05) is 26.7 Å². The van der Waals surface area contributed by atoms with Gasteiger partial charge in [-0.15, -0.1) is 0 Å². The van der Waals surface area contributed by atoms with Gasteiger partial charge in [-0.2, -0.15) is 0 Å². The quantitative estimate of drug-likeness (QED) is 0.509. The highest BCUT2D eigenvalue weighted by atomic mass is 16.3. The summed E-state index contributed by atoms with van der Waals surface area (Å²) in [6.07, 6.45) is -0.234. The molecule has 1 rings (SSSR count). The lowest BCUT2D eigenvalue weighted by atomic mass is 10.1. The number of piperazine rings is 1. The van der Waals surface area contributed by atoms with Crippen LogP contribution in [0.3, 0.4) is 0 Å². The summed E-state index contributed by atoms with van der Waals surface area (Å²) in [4.78, 5) is 2.23. The van der Waals surface area contributed by atoms with E-state index in [2.05, 4.69) is 17.3 Å². The Balaban J connectivity index is 2.32. The van der Waals surface area contributed by atoms with Gasteiger partial charge < -0.3 is 15.3 Å². The highest BCUT2D eigenvalue weighted by molar-refractivity contribution is 4.80. The monoisotopic (exact) mass is 144 g/mol. The first-order valence-electron chi connectivity index (χ1n) is 3.80. The molecule has 3 nitrogen and oxygen atoms in total. The third-order valence-electron chi connectivity index (χ3n) is 1.99. The number of rotatable bonds is 1. The van der Waals surface area contributed by atoms with Crippen LogP contribution in [0, 0.1) is 0 Å². The predicted molar refractivity (Wildman–Crippen MR) is 41.0 cm³/mol. The van der Waals surface area contributed by atoms with Crippen molar-refractivity contribution < 1.29 is 5.11 Å². The summed E-state index contributed by atoms with van der Waals surface area (Å²) >= 11 is 0. The van der Waals surface area contributed by atoms with Crippen LogP contribution < -0.4 is 5.32 Å². The molecule has 1 fully saturated rings. The molecule has 0 saturated carbocycles. The molecule has 0 amide bonds. The molecule has 1 aliphatic heterocycles. The van der Waals surface area contributed by atoms with Gasteiger partial charge in [0.05, 0.1) is 6.10 Å². The molecule has 0 radical (unpaired) electrons. The average Bonchev–Trinajstić information content (AvgIpc) is 1.88. The third-order valence-corrected chi connectivity index (χ3v) is 1.99. The van der Waals surface area contributed by atoms with E-state index in [1.54, 1.807) is 0 Å². The first kappa shape index (κ1) is 7.98. The second kappa shape index (κ2) is 3.32. The van der Waals surface area contributed by atoms with Crippen LogP contribution >= 0.6 is 0 Å². The molecule has 60 valence electrons. The molecule has 2 N–H and O–H groups in total. The smallest absolute Gasteiger partial charge is 0.0677 e. The van der Waals surface area contributed by atoms with E-state index in [-0.39, 0.29) is 12.1 Å². The molecule has 1 aliphatic rings.